The summed E-state index contributed by atoms with van der Waals surface area (Å²) in [6.07, 6.45) is 2.99. The molecule has 0 saturated carbocycles. The van der Waals surface area contributed by atoms with Gasteiger partial charge in [0.2, 0.25) is 0 Å². The highest BCUT2D eigenvalue weighted by Crippen LogP contribution is 2.06. The Kier molecular flexibility index (Phi) is 2.22. The Hall–Kier alpha value is -1.57. The number of pyridine rings is 2. The number of nitrogens with zero attached hydrogens (tertiary/aromatic N) is 2. The van der Waals surface area contributed by atoms with Gasteiger partial charge in [0.05, 0.1) is 0 Å². The Bertz CT molecular complexity index is 515. The molecule has 2 aromatic rings. The zero-order valence-electron chi connectivity index (χ0n) is 11.7. The predicted molar refractivity (Wildman–Crippen MR) is 78.3 cm³/mol. The molecule has 4 heteroatoms. The third-order valence-corrected chi connectivity index (χ3v) is 4.68. The van der Waals surface area contributed by atoms with E-state index in [2.05, 4.69) is 85.0 Å². The van der Waals surface area contributed by atoms with E-state index in [0.29, 0.717) is 0 Å². The Morgan fingerprint density at radius 2 is 1.06 bits per heavy atom. The van der Waals surface area contributed by atoms with Gasteiger partial charge < -0.3 is 8.96 Å². The molecule has 0 aromatic carbocycles. The first-order chi connectivity index (χ1) is 8.45. The minimum Gasteiger partial charge on any atom is -0.445 e. The number of hydrogen-bond acceptors (Lipinski definition) is 0. The van der Waals surface area contributed by atoms with Crippen LogP contribution in [0.3, 0.4) is 0 Å². The molecular weight excluding hydrogens is 218 g/mol. The van der Waals surface area contributed by atoms with Crippen molar-refractivity contribution in [3.63, 3.8) is 0 Å². The summed E-state index contributed by atoms with van der Waals surface area (Å²) < 4.78 is 4.96. The van der Waals surface area contributed by atoms with Crippen LogP contribution >= 0.6 is 0 Å². The topological polar surface area (TPSA) is 7.76 Å². The lowest BCUT2D eigenvalue weighted by atomic mass is 9.26. The van der Waals surface area contributed by atoms with Gasteiger partial charge in [-0.2, -0.15) is 0 Å². The van der Waals surface area contributed by atoms with E-state index in [1.54, 1.807) is 0 Å². The fraction of sp³-hybridized carbons (Fsp3) is 0.286. The van der Waals surface area contributed by atoms with Gasteiger partial charge in [0.15, 0.2) is 0 Å². The molecule has 3 heterocycles. The van der Waals surface area contributed by atoms with Crippen molar-refractivity contribution in [1.82, 2.24) is 0 Å². The highest BCUT2D eigenvalue weighted by molar-refractivity contribution is 6.88. The van der Waals surface area contributed by atoms with Crippen molar-refractivity contribution in [1.29, 1.82) is 0 Å². The van der Waals surface area contributed by atoms with E-state index >= 15 is 0 Å². The fourth-order valence-corrected chi connectivity index (χ4v) is 3.60. The van der Waals surface area contributed by atoms with Gasteiger partial charge in [0.25, 0.3) is 0 Å². The van der Waals surface area contributed by atoms with Crippen molar-refractivity contribution in [3.05, 3.63) is 48.8 Å². The SMILES string of the molecule is C[B-]1(C)c2cccc[n+]2[B-](C)(C)c2cccc[n+]21. The van der Waals surface area contributed by atoms with Gasteiger partial charge in [0, 0.05) is 11.2 Å². The molecule has 0 aliphatic carbocycles. The van der Waals surface area contributed by atoms with Gasteiger partial charge in [-0.3, -0.25) is 0 Å². The second kappa shape index (κ2) is 3.47. The zero-order chi connectivity index (χ0) is 13.0. The molecule has 1 aliphatic heterocycles. The fourth-order valence-electron chi connectivity index (χ4n) is 3.60. The van der Waals surface area contributed by atoms with Gasteiger partial charge in [-0.1, -0.05) is 12.1 Å². The lowest BCUT2D eigenvalue weighted by molar-refractivity contribution is -0.583. The van der Waals surface area contributed by atoms with Crippen LogP contribution in [0.4, 0.5) is 0 Å². The van der Waals surface area contributed by atoms with Crippen molar-refractivity contribution in [2.45, 2.75) is 27.3 Å². The average Bonchev–Trinajstić information content (AvgIpc) is 2.37. The van der Waals surface area contributed by atoms with E-state index in [4.69, 9.17) is 0 Å². The minimum atomic E-state index is -0.734. The van der Waals surface area contributed by atoms with E-state index in [0.717, 1.165) is 0 Å². The van der Waals surface area contributed by atoms with Crippen LogP contribution in [-0.4, -0.2) is 12.6 Å². The summed E-state index contributed by atoms with van der Waals surface area (Å²) in [5, 5.41) is 0. The lowest BCUT2D eigenvalue weighted by Gasteiger charge is -2.42. The Morgan fingerprint density at radius 1 is 0.667 bits per heavy atom. The Balaban J connectivity index is 2.41. The summed E-state index contributed by atoms with van der Waals surface area (Å²) in [4.78, 5) is 0. The molecule has 0 spiro atoms. The maximum atomic E-state index is 2.48. The minimum absolute atomic E-state index is 0.734. The van der Waals surface area contributed by atoms with Crippen LogP contribution in [0.25, 0.3) is 0 Å². The van der Waals surface area contributed by atoms with Gasteiger partial charge in [0.1, 0.15) is 12.4 Å². The highest BCUT2D eigenvalue weighted by atomic mass is 15.0. The van der Waals surface area contributed by atoms with E-state index in [1.165, 1.54) is 11.2 Å². The summed E-state index contributed by atoms with van der Waals surface area (Å²) in [6, 6.07) is 13.1. The van der Waals surface area contributed by atoms with Crippen LogP contribution in [0, 0.1) is 0 Å². The third kappa shape index (κ3) is 1.32. The van der Waals surface area contributed by atoms with Gasteiger partial charge in [-0.25, -0.2) is 0 Å². The third-order valence-electron chi connectivity index (χ3n) is 4.68. The Labute approximate surface area is 109 Å². The summed E-state index contributed by atoms with van der Waals surface area (Å²) in [6.45, 7) is 9.39. The standard InChI is InChI=1S/C14H20B2N2/c1-15(2)13-9-5-8-12-18(13)16(3,4)14-10-6-7-11-17(14)15/h5-12H,1-4H3. The first-order valence-electron chi connectivity index (χ1n) is 6.94. The quantitative estimate of drug-likeness (QED) is 0.590. The van der Waals surface area contributed by atoms with E-state index in [-0.39, 0.29) is 0 Å². The Morgan fingerprint density at radius 3 is 1.44 bits per heavy atom. The van der Waals surface area contributed by atoms with Crippen LogP contribution in [0.2, 0.25) is 27.3 Å². The smallest absolute Gasteiger partial charge is 0.353 e. The van der Waals surface area contributed by atoms with Crippen molar-refractivity contribution in [2.75, 3.05) is 0 Å². The summed E-state index contributed by atoms with van der Waals surface area (Å²) in [5.41, 5.74) is 2.87. The molecule has 2 aromatic heterocycles. The summed E-state index contributed by atoms with van der Waals surface area (Å²) in [7, 11) is 0. The van der Waals surface area contributed by atoms with E-state index in [9.17, 15) is 0 Å². The normalized spacial score (nSPS) is 18.9. The molecule has 1 aliphatic rings. The second-order valence-corrected chi connectivity index (χ2v) is 6.67. The molecule has 92 valence electrons. The molecule has 0 saturated heterocycles. The van der Waals surface area contributed by atoms with Crippen molar-refractivity contribution >= 4 is 23.7 Å². The monoisotopic (exact) mass is 238 g/mol. The van der Waals surface area contributed by atoms with Crippen molar-refractivity contribution in [2.24, 2.45) is 0 Å². The summed E-state index contributed by atoms with van der Waals surface area (Å²) >= 11 is 0. The van der Waals surface area contributed by atoms with E-state index in [1.807, 2.05) is 0 Å². The largest absolute Gasteiger partial charge is 0.445 e. The zero-order valence-corrected chi connectivity index (χ0v) is 11.7. The number of aromatic nitrogens is 2. The maximum absolute atomic E-state index is 2.48. The van der Waals surface area contributed by atoms with Crippen molar-refractivity contribution < 1.29 is 8.96 Å². The molecule has 18 heavy (non-hydrogen) atoms. The van der Waals surface area contributed by atoms with Crippen LogP contribution in [-0.2, 0) is 0 Å². The first-order valence-corrected chi connectivity index (χ1v) is 6.94. The maximum Gasteiger partial charge on any atom is 0.353 e. The number of rotatable bonds is 0. The van der Waals surface area contributed by atoms with Gasteiger partial charge in [-0.05, 0) is 24.3 Å². The van der Waals surface area contributed by atoms with Crippen LogP contribution in [0.5, 0.6) is 0 Å². The molecule has 0 fully saturated rings. The molecule has 0 bridgehead atoms. The molecular formula is C14H20B2N2. The van der Waals surface area contributed by atoms with Gasteiger partial charge in [-0.15, -0.1) is 27.3 Å². The first kappa shape index (κ1) is 11.5. The van der Waals surface area contributed by atoms with Crippen molar-refractivity contribution in [3.8, 4) is 0 Å². The van der Waals surface area contributed by atoms with Gasteiger partial charge >= 0.3 is 12.6 Å². The highest BCUT2D eigenvalue weighted by Gasteiger charge is 2.47. The second-order valence-electron chi connectivity index (χ2n) is 6.67. The molecule has 0 atom stereocenters. The molecule has 3 rings (SSSR count). The molecule has 2 nitrogen and oxygen atoms in total. The van der Waals surface area contributed by atoms with E-state index < -0.39 is 12.6 Å². The number of hydrogen-bond donors (Lipinski definition) is 0. The molecule has 0 unspecified atom stereocenters. The average molecular weight is 238 g/mol. The summed E-state index contributed by atoms with van der Waals surface area (Å²) in [5.74, 6) is 0. The predicted octanol–water partition coefficient (Wildman–Crippen LogP) is 0.496. The lowest BCUT2D eigenvalue weighted by Crippen LogP contribution is -2.95. The van der Waals surface area contributed by atoms with Crippen LogP contribution < -0.4 is 20.1 Å². The number of fused-ring (bicyclic) bond motifs is 2. The van der Waals surface area contributed by atoms with Crippen LogP contribution in [0.15, 0.2) is 48.8 Å². The molecule has 0 amide bonds. The molecule has 0 radical (unpaired) electrons. The van der Waals surface area contributed by atoms with Crippen LogP contribution in [0.1, 0.15) is 0 Å². The molecule has 0 N–H and O–H groups in total.